The summed E-state index contributed by atoms with van der Waals surface area (Å²) in [7, 11) is 1.54. The van der Waals surface area contributed by atoms with Crippen LogP contribution in [0.25, 0.3) is 0 Å². The van der Waals surface area contributed by atoms with Gasteiger partial charge in [0.2, 0.25) is 0 Å². The van der Waals surface area contributed by atoms with Crippen molar-refractivity contribution in [2.75, 3.05) is 13.7 Å². The number of carbonyl (C=O) groups is 1. The predicted molar refractivity (Wildman–Crippen MR) is 73.3 cm³/mol. The van der Waals surface area contributed by atoms with Crippen molar-refractivity contribution in [2.24, 2.45) is 5.92 Å². The summed E-state index contributed by atoms with van der Waals surface area (Å²) in [6.45, 7) is 5.97. The summed E-state index contributed by atoms with van der Waals surface area (Å²) in [5, 5.41) is 14.8. The van der Waals surface area contributed by atoms with Crippen LogP contribution < -0.4 is 10.1 Å². The molecule has 5 heteroatoms. The summed E-state index contributed by atoms with van der Waals surface area (Å²) < 4.78 is 5.09. The van der Waals surface area contributed by atoms with E-state index in [0.29, 0.717) is 10.6 Å². The molecule has 2 atom stereocenters. The van der Waals surface area contributed by atoms with Gasteiger partial charge in [0.1, 0.15) is 10.6 Å². The maximum absolute atomic E-state index is 12.0. The van der Waals surface area contributed by atoms with Crippen LogP contribution in [-0.2, 0) is 0 Å². The second-order valence-electron chi connectivity index (χ2n) is 4.67. The zero-order chi connectivity index (χ0) is 13.8. The third-order valence-corrected chi connectivity index (χ3v) is 4.23. The molecular formula is C13H21NO3S. The number of aliphatic hydroxyl groups is 1. The van der Waals surface area contributed by atoms with E-state index in [4.69, 9.17) is 4.74 Å². The molecule has 0 saturated heterocycles. The maximum atomic E-state index is 12.0. The van der Waals surface area contributed by atoms with E-state index in [0.717, 1.165) is 6.42 Å². The van der Waals surface area contributed by atoms with Gasteiger partial charge in [-0.1, -0.05) is 20.3 Å². The number of hydrogen-bond acceptors (Lipinski definition) is 4. The van der Waals surface area contributed by atoms with E-state index in [1.807, 2.05) is 13.8 Å². The molecule has 0 aromatic carbocycles. The molecule has 1 aromatic heterocycles. The van der Waals surface area contributed by atoms with Crippen LogP contribution in [0.1, 0.15) is 36.9 Å². The minimum Gasteiger partial charge on any atom is -0.495 e. The number of amides is 1. The van der Waals surface area contributed by atoms with Gasteiger partial charge in [0.25, 0.3) is 5.91 Å². The Morgan fingerprint density at radius 2 is 2.33 bits per heavy atom. The summed E-state index contributed by atoms with van der Waals surface area (Å²) in [6, 6.07) is 1.76. The fourth-order valence-electron chi connectivity index (χ4n) is 1.58. The summed E-state index contributed by atoms with van der Waals surface area (Å²) >= 11 is 1.33. The number of carbonyl (C=O) groups excluding carboxylic acids is 1. The van der Waals surface area contributed by atoms with E-state index in [-0.39, 0.29) is 18.4 Å². The van der Waals surface area contributed by atoms with E-state index in [9.17, 15) is 9.90 Å². The van der Waals surface area contributed by atoms with Crippen molar-refractivity contribution in [3.8, 4) is 5.75 Å². The van der Waals surface area contributed by atoms with Crippen LogP contribution in [0.5, 0.6) is 5.75 Å². The van der Waals surface area contributed by atoms with Gasteiger partial charge in [0.15, 0.2) is 0 Å². The predicted octanol–water partition coefficient (Wildman–Crippen LogP) is 2.28. The van der Waals surface area contributed by atoms with Crippen molar-refractivity contribution in [1.82, 2.24) is 5.32 Å². The molecular weight excluding hydrogens is 250 g/mol. The van der Waals surface area contributed by atoms with Crippen molar-refractivity contribution in [3.05, 3.63) is 16.3 Å². The van der Waals surface area contributed by atoms with Crippen LogP contribution in [0, 0.1) is 5.92 Å². The highest BCUT2D eigenvalue weighted by atomic mass is 32.1. The summed E-state index contributed by atoms with van der Waals surface area (Å²) in [4.78, 5) is 12.5. The largest absolute Gasteiger partial charge is 0.495 e. The van der Waals surface area contributed by atoms with E-state index >= 15 is 0 Å². The number of thiophene rings is 1. The van der Waals surface area contributed by atoms with Gasteiger partial charge in [-0.05, 0) is 24.3 Å². The number of nitrogens with one attached hydrogen (secondary N) is 1. The van der Waals surface area contributed by atoms with Crippen LogP contribution >= 0.6 is 11.3 Å². The standard InChI is InChI=1S/C13H21NO3S/c1-5-9(2)13(3,16)8-14-12(15)11-10(17-4)6-7-18-11/h6-7,9,16H,5,8H2,1-4H3,(H,14,15). The highest BCUT2D eigenvalue weighted by molar-refractivity contribution is 7.12. The first-order chi connectivity index (χ1) is 8.42. The second-order valence-corrected chi connectivity index (χ2v) is 5.58. The first-order valence-corrected chi connectivity index (χ1v) is 6.92. The molecule has 0 aliphatic carbocycles. The molecule has 0 aliphatic heterocycles. The molecule has 2 N–H and O–H groups in total. The lowest BCUT2D eigenvalue weighted by Gasteiger charge is -2.29. The molecule has 0 bridgehead atoms. The van der Waals surface area contributed by atoms with Crippen molar-refractivity contribution < 1.29 is 14.6 Å². The lowest BCUT2D eigenvalue weighted by Crippen LogP contribution is -2.44. The summed E-state index contributed by atoms with van der Waals surface area (Å²) in [5.41, 5.74) is -0.894. The van der Waals surface area contributed by atoms with Gasteiger partial charge in [-0.25, -0.2) is 0 Å². The average molecular weight is 271 g/mol. The number of methoxy groups -OCH3 is 1. The Kier molecular flexibility index (Phi) is 5.16. The van der Waals surface area contributed by atoms with Gasteiger partial charge in [-0.2, -0.15) is 0 Å². The van der Waals surface area contributed by atoms with Crippen LogP contribution in [0.3, 0.4) is 0 Å². The number of hydrogen-bond donors (Lipinski definition) is 2. The molecule has 18 heavy (non-hydrogen) atoms. The van der Waals surface area contributed by atoms with Gasteiger partial charge >= 0.3 is 0 Å². The monoisotopic (exact) mass is 271 g/mol. The van der Waals surface area contributed by atoms with Crippen LogP contribution in [0.4, 0.5) is 0 Å². The fourth-order valence-corrected chi connectivity index (χ4v) is 2.35. The van der Waals surface area contributed by atoms with Gasteiger partial charge in [-0.3, -0.25) is 4.79 Å². The lowest BCUT2D eigenvalue weighted by atomic mass is 9.88. The molecule has 4 nitrogen and oxygen atoms in total. The van der Waals surface area contributed by atoms with E-state index in [1.54, 1.807) is 18.4 Å². The highest BCUT2D eigenvalue weighted by Gasteiger charge is 2.28. The fraction of sp³-hybridized carbons (Fsp3) is 0.615. The van der Waals surface area contributed by atoms with E-state index in [2.05, 4.69) is 5.32 Å². The third-order valence-electron chi connectivity index (χ3n) is 3.34. The number of ether oxygens (including phenoxy) is 1. The molecule has 0 saturated carbocycles. The highest BCUT2D eigenvalue weighted by Crippen LogP contribution is 2.24. The van der Waals surface area contributed by atoms with Crippen LogP contribution in [0.2, 0.25) is 0 Å². The minimum absolute atomic E-state index is 0.128. The third kappa shape index (κ3) is 3.46. The average Bonchev–Trinajstić information content (AvgIpc) is 2.83. The first kappa shape index (κ1) is 15.0. The zero-order valence-corrected chi connectivity index (χ0v) is 12.1. The smallest absolute Gasteiger partial charge is 0.265 e. The summed E-state index contributed by atoms with van der Waals surface area (Å²) in [6.07, 6.45) is 0.866. The molecule has 2 unspecified atom stereocenters. The quantitative estimate of drug-likeness (QED) is 0.834. The molecule has 1 rings (SSSR count). The van der Waals surface area contributed by atoms with Gasteiger partial charge in [0, 0.05) is 6.54 Å². The van der Waals surface area contributed by atoms with Crippen molar-refractivity contribution in [3.63, 3.8) is 0 Å². The van der Waals surface area contributed by atoms with Crippen LogP contribution in [0.15, 0.2) is 11.4 Å². The van der Waals surface area contributed by atoms with E-state index < -0.39 is 5.60 Å². The Balaban J connectivity index is 2.62. The van der Waals surface area contributed by atoms with Gasteiger partial charge in [0.05, 0.1) is 12.7 Å². The molecule has 0 radical (unpaired) electrons. The number of rotatable bonds is 6. The second kappa shape index (κ2) is 6.20. The Hall–Kier alpha value is -1.07. The Morgan fingerprint density at radius 3 is 2.89 bits per heavy atom. The van der Waals surface area contributed by atoms with Gasteiger partial charge < -0.3 is 15.2 Å². The molecule has 1 heterocycles. The minimum atomic E-state index is -0.894. The van der Waals surface area contributed by atoms with Crippen molar-refractivity contribution >= 4 is 17.2 Å². The molecule has 0 fully saturated rings. The topological polar surface area (TPSA) is 58.6 Å². The summed E-state index contributed by atoms with van der Waals surface area (Å²) in [5.74, 6) is 0.495. The first-order valence-electron chi connectivity index (χ1n) is 6.04. The molecule has 102 valence electrons. The van der Waals surface area contributed by atoms with E-state index in [1.165, 1.54) is 18.4 Å². The molecule has 0 aliphatic rings. The Morgan fingerprint density at radius 1 is 1.67 bits per heavy atom. The molecule has 1 amide bonds. The Bertz CT molecular complexity index is 401. The van der Waals surface area contributed by atoms with Crippen LogP contribution in [-0.4, -0.2) is 30.3 Å². The normalized spacial score (nSPS) is 15.8. The Labute approximate surface area is 112 Å². The van der Waals surface area contributed by atoms with Crippen molar-refractivity contribution in [2.45, 2.75) is 32.8 Å². The van der Waals surface area contributed by atoms with Crippen molar-refractivity contribution in [1.29, 1.82) is 0 Å². The van der Waals surface area contributed by atoms with Gasteiger partial charge in [-0.15, -0.1) is 11.3 Å². The maximum Gasteiger partial charge on any atom is 0.265 e. The zero-order valence-electron chi connectivity index (χ0n) is 11.3. The molecule has 1 aromatic rings. The molecule has 0 spiro atoms. The SMILES string of the molecule is CCC(C)C(C)(O)CNC(=O)c1sccc1OC. The lowest BCUT2D eigenvalue weighted by molar-refractivity contribution is 0.00594.